The number of ether oxygens (including phenoxy) is 1. The number of amides is 1. The maximum atomic E-state index is 12.0. The van der Waals surface area contributed by atoms with Crippen molar-refractivity contribution in [2.45, 2.75) is 37.6 Å². The summed E-state index contributed by atoms with van der Waals surface area (Å²) in [5.74, 6) is -0.815. The Morgan fingerprint density at radius 3 is 2.50 bits per heavy atom. The van der Waals surface area contributed by atoms with E-state index < -0.39 is 11.5 Å². The first-order valence-electron chi connectivity index (χ1n) is 7.01. The van der Waals surface area contributed by atoms with E-state index >= 15 is 0 Å². The number of rotatable bonds is 6. The highest BCUT2D eigenvalue weighted by atomic mass is 35.5. The Bertz CT molecular complexity index is 571. The summed E-state index contributed by atoms with van der Waals surface area (Å²) in [6, 6.07) is 4.73. The Kier molecular flexibility index (Phi) is 5.53. The molecule has 0 atom stereocenters. The lowest BCUT2D eigenvalue weighted by Crippen LogP contribution is -2.49. The van der Waals surface area contributed by atoms with E-state index in [2.05, 4.69) is 5.32 Å². The van der Waals surface area contributed by atoms with Crippen molar-refractivity contribution in [2.75, 3.05) is 6.61 Å². The molecule has 2 N–H and O–H groups in total. The highest BCUT2D eigenvalue weighted by molar-refractivity contribution is 6.42. The van der Waals surface area contributed by atoms with Crippen LogP contribution in [0.5, 0.6) is 5.75 Å². The zero-order valence-electron chi connectivity index (χ0n) is 11.9. The van der Waals surface area contributed by atoms with Gasteiger partial charge in [-0.2, -0.15) is 0 Å². The van der Waals surface area contributed by atoms with Crippen molar-refractivity contribution in [3.05, 3.63) is 28.2 Å². The Hall–Kier alpha value is -1.46. The van der Waals surface area contributed by atoms with Crippen molar-refractivity contribution in [2.24, 2.45) is 0 Å². The second-order valence-corrected chi connectivity index (χ2v) is 6.29. The molecule has 0 aromatic heterocycles. The highest BCUT2D eigenvalue weighted by Crippen LogP contribution is 2.32. The molecule has 0 aliphatic heterocycles. The van der Waals surface area contributed by atoms with Crippen molar-refractivity contribution >= 4 is 35.1 Å². The summed E-state index contributed by atoms with van der Waals surface area (Å²) in [7, 11) is 0. The molecule has 1 aromatic rings. The molecule has 1 aromatic carbocycles. The van der Waals surface area contributed by atoms with Crippen LogP contribution >= 0.6 is 23.2 Å². The zero-order valence-corrected chi connectivity index (χ0v) is 13.4. The van der Waals surface area contributed by atoms with Crippen molar-refractivity contribution < 1.29 is 19.4 Å². The molecular weight excluding hydrogens is 329 g/mol. The van der Waals surface area contributed by atoms with Crippen molar-refractivity contribution in [3.63, 3.8) is 0 Å². The molecular formula is C15H17Cl2NO4. The first kappa shape index (κ1) is 16.9. The second-order valence-electron chi connectivity index (χ2n) is 5.47. The lowest BCUT2D eigenvalue weighted by atomic mass is 9.93. The SMILES string of the molecule is O=C(O)CC1(NC(=O)COc2ccc(Cl)c(Cl)c2)CCCC1. The second kappa shape index (κ2) is 7.20. The summed E-state index contributed by atoms with van der Waals surface area (Å²) in [6.45, 7) is -0.195. The van der Waals surface area contributed by atoms with Crippen LogP contribution in [0.1, 0.15) is 32.1 Å². The number of hydrogen-bond acceptors (Lipinski definition) is 3. The minimum Gasteiger partial charge on any atom is -0.484 e. The van der Waals surface area contributed by atoms with Crippen LogP contribution in [0.15, 0.2) is 18.2 Å². The molecule has 1 fully saturated rings. The van der Waals surface area contributed by atoms with Gasteiger partial charge in [-0.25, -0.2) is 0 Å². The number of halogens is 2. The predicted molar refractivity (Wildman–Crippen MR) is 83.6 cm³/mol. The van der Waals surface area contributed by atoms with Crippen LogP contribution in [0.3, 0.4) is 0 Å². The van der Waals surface area contributed by atoms with Crippen LogP contribution in [-0.4, -0.2) is 29.1 Å². The number of hydrogen-bond donors (Lipinski definition) is 2. The van der Waals surface area contributed by atoms with Crippen molar-refractivity contribution in [3.8, 4) is 5.75 Å². The smallest absolute Gasteiger partial charge is 0.305 e. The minimum absolute atomic E-state index is 0.0640. The third-order valence-corrected chi connectivity index (χ3v) is 4.45. The molecule has 0 unspecified atom stereocenters. The van der Waals surface area contributed by atoms with Crippen LogP contribution in [0, 0.1) is 0 Å². The van der Waals surface area contributed by atoms with E-state index in [1.54, 1.807) is 12.1 Å². The quantitative estimate of drug-likeness (QED) is 0.829. The Morgan fingerprint density at radius 2 is 1.91 bits per heavy atom. The Balaban J connectivity index is 1.91. The predicted octanol–water partition coefficient (Wildman–Crippen LogP) is 3.28. The summed E-state index contributed by atoms with van der Waals surface area (Å²) in [5.41, 5.74) is -0.649. The van der Waals surface area contributed by atoms with Gasteiger partial charge < -0.3 is 15.2 Å². The van der Waals surface area contributed by atoms with E-state index in [1.165, 1.54) is 6.07 Å². The summed E-state index contributed by atoms with van der Waals surface area (Å²) in [5, 5.41) is 12.6. The molecule has 0 bridgehead atoms. The van der Waals surface area contributed by atoms with Gasteiger partial charge in [-0.05, 0) is 25.0 Å². The number of benzene rings is 1. The molecule has 120 valence electrons. The van der Waals surface area contributed by atoms with Gasteiger partial charge in [0.15, 0.2) is 6.61 Å². The maximum absolute atomic E-state index is 12.0. The number of carbonyl (C=O) groups is 2. The van der Waals surface area contributed by atoms with Crippen LogP contribution < -0.4 is 10.1 Å². The fraction of sp³-hybridized carbons (Fsp3) is 0.467. The number of nitrogens with one attached hydrogen (secondary N) is 1. The van der Waals surface area contributed by atoms with Crippen LogP contribution in [0.2, 0.25) is 10.0 Å². The average molecular weight is 346 g/mol. The maximum Gasteiger partial charge on any atom is 0.305 e. The van der Waals surface area contributed by atoms with Gasteiger partial charge >= 0.3 is 5.97 Å². The average Bonchev–Trinajstić information content (AvgIpc) is 2.87. The molecule has 7 heteroatoms. The minimum atomic E-state index is -0.910. The molecule has 0 spiro atoms. The van der Waals surface area contributed by atoms with Crippen LogP contribution in [0.25, 0.3) is 0 Å². The molecule has 0 heterocycles. The number of aliphatic carboxylic acids is 1. The van der Waals surface area contributed by atoms with Crippen molar-refractivity contribution in [1.29, 1.82) is 0 Å². The monoisotopic (exact) mass is 345 g/mol. The Labute approximate surface area is 138 Å². The van der Waals surface area contributed by atoms with Crippen LogP contribution in [0.4, 0.5) is 0 Å². The molecule has 22 heavy (non-hydrogen) atoms. The van der Waals surface area contributed by atoms with Crippen LogP contribution in [-0.2, 0) is 9.59 Å². The summed E-state index contributed by atoms with van der Waals surface area (Å²) in [4.78, 5) is 23.0. The van der Waals surface area contributed by atoms with Gasteiger partial charge in [-0.3, -0.25) is 9.59 Å². The van der Waals surface area contributed by atoms with E-state index in [0.717, 1.165) is 12.8 Å². The molecule has 1 aliphatic rings. The fourth-order valence-corrected chi connectivity index (χ4v) is 3.02. The number of carbonyl (C=O) groups excluding carboxylic acids is 1. The van der Waals surface area contributed by atoms with E-state index in [0.29, 0.717) is 28.6 Å². The van der Waals surface area contributed by atoms with E-state index in [1.807, 2.05) is 0 Å². The zero-order chi connectivity index (χ0) is 16.2. The molecule has 1 aliphatic carbocycles. The van der Waals surface area contributed by atoms with Gasteiger partial charge in [0.25, 0.3) is 5.91 Å². The number of carboxylic acids is 1. The van der Waals surface area contributed by atoms with Gasteiger partial charge in [-0.15, -0.1) is 0 Å². The standard InChI is InChI=1S/C15H17Cl2NO4/c16-11-4-3-10(7-12(11)17)22-9-13(19)18-15(8-14(20)21)5-1-2-6-15/h3-4,7H,1-2,5-6,8-9H2,(H,18,19)(H,20,21). The molecule has 0 radical (unpaired) electrons. The first-order chi connectivity index (χ1) is 10.4. The van der Waals surface area contributed by atoms with Gasteiger partial charge in [0.05, 0.1) is 22.0 Å². The lowest BCUT2D eigenvalue weighted by molar-refractivity contribution is -0.139. The molecule has 1 amide bonds. The normalized spacial score (nSPS) is 16.3. The topological polar surface area (TPSA) is 75.6 Å². The summed E-state index contributed by atoms with van der Waals surface area (Å²) >= 11 is 11.7. The molecule has 0 saturated heterocycles. The van der Waals surface area contributed by atoms with Gasteiger partial charge in [-0.1, -0.05) is 36.0 Å². The molecule has 5 nitrogen and oxygen atoms in total. The summed E-state index contributed by atoms with van der Waals surface area (Å²) < 4.78 is 5.36. The van der Waals surface area contributed by atoms with Crippen molar-refractivity contribution in [1.82, 2.24) is 5.32 Å². The van der Waals surface area contributed by atoms with E-state index in [9.17, 15) is 9.59 Å². The van der Waals surface area contributed by atoms with Gasteiger partial charge in [0, 0.05) is 6.07 Å². The third-order valence-electron chi connectivity index (χ3n) is 3.72. The van der Waals surface area contributed by atoms with Gasteiger partial charge in [0.2, 0.25) is 0 Å². The molecule has 2 rings (SSSR count). The first-order valence-corrected chi connectivity index (χ1v) is 7.76. The third kappa shape index (κ3) is 4.52. The highest BCUT2D eigenvalue weighted by Gasteiger charge is 2.37. The summed E-state index contributed by atoms with van der Waals surface area (Å²) in [6.07, 6.45) is 3.13. The number of carboxylic acid groups (broad SMARTS) is 1. The largest absolute Gasteiger partial charge is 0.484 e. The van der Waals surface area contributed by atoms with E-state index in [-0.39, 0.29) is 18.9 Å². The van der Waals surface area contributed by atoms with E-state index in [4.69, 9.17) is 33.0 Å². The fourth-order valence-electron chi connectivity index (χ4n) is 2.73. The van der Waals surface area contributed by atoms with Gasteiger partial charge in [0.1, 0.15) is 5.75 Å². The Morgan fingerprint density at radius 1 is 1.23 bits per heavy atom. The lowest BCUT2D eigenvalue weighted by Gasteiger charge is -2.28. The molecule has 1 saturated carbocycles.